The van der Waals surface area contributed by atoms with Crippen molar-refractivity contribution in [1.29, 1.82) is 5.26 Å². The highest BCUT2D eigenvalue weighted by Gasteiger charge is 2.13. The van der Waals surface area contributed by atoms with Gasteiger partial charge in [0.2, 0.25) is 5.13 Å². The highest BCUT2D eigenvalue weighted by molar-refractivity contribution is 8.01. The minimum atomic E-state index is 0.574. The van der Waals surface area contributed by atoms with Crippen molar-refractivity contribution in [2.24, 2.45) is 0 Å². The van der Waals surface area contributed by atoms with Crippen LogP contribution >= 0.6 is 23.1 Å². The molecule has 0 spiro atoms. The van der Waals surface area contributed by atoms with Crippen LogP contribution in [0.1, 0.15) is 17.0 Å². The van der Waals surface area contributed by atoms with Crippen LogP contribution in [0.15, 0.2) is 39.6 Å². The summed E-state index contributed by atoms with van der Waals surface area (Å²) in [5.41, 5.74) is 2.99. The SMILES string of the molecule is COc1ccccc1Nc1nnc(Sc2cc(C)nc(C)c2C#N)s1. The highest BCUT2D eigenvalue weighted by atomic mass is 32.2. The van der Waals surface area contributed by atoms with E-state index in [0.717, 1.165) is 32.1 Å². The zero-order chi connectivity index (χ0) is 17.8. The molecule has 0 amide bonds. The molecule has 0 bridgehead atoms. The van der Waals surface area contributed by atoms with Gasteiger partial charge in [0.25, 0.3) is 0 Å². The standard InChI is InChI=1S/C17H15N5OS2/c1-10-8-15(12(9-18)11(2)19-10)24-17-22-21-16(25-17)20-13-6-4-5-7-14(13)23-3/h4-8H,1-3H3,(H,20,21). The van der Waals surface area contributed by atoms with Crippen molar-refractivity contribution in [2.75, 3.05) is 12.4 Å². The predicted molar refractivity (Wildman–Crippen MR) is 98.7 cm³/mol. The largest absolute Gasteiger partial charge is 0.495 e. The van der Waals surface area contributed by atoms with Gasteiger partial charge in [-0.2, -0.15) is 5.26 Å². The molecule has 2 heterocycles. The Bertz CT molecular complexity index is 948. The number of nitrogens with one attached hydrogen (secondary N) is 1. The molecule has 0 aliphatic rings. The summed E-state index contributed by atoms with van der Waals surface area (Å²) in [5.74, 6) is 0.735. The number of methoxy groups -OCH3 is 1. The van der Waals surface area contributed by atoms with E-state index >= 15 is 0 Å². The van der Waals surface area contributed by atoms with E-state index in [9.17, 15) is 5.26 Å². The Labute approximate surface area is 153 Å². The number of aromatic nitrogens is 3. The molecule has 3 rings (SSSR count). The van der Waals surface area contributed by atoms with Crippen LogP contribution in [0.3, 0.4) is 0 Å². The normalized spacial score (nSPS) is 10.3. The lowest BCUT2D eigenvalue weighted by Gasteiger charge is -2.07. The van der Waals surface area contributed by atoms with Crippen molar-refractivity contribution >= 4 is 33.9 Å². The molecule has 25 heavy (non-hydrogen) atoms. The summed E-state index contributed by atoms with van der Waals surface area (Å²) >= 11 is 2.84. The van der Waals surface area contributed by atoms with Crippen molar-refractivity contribution in [3.8, 4) is 11.8 Å². The maximum Gasteiger partial charge on any atom is 0.211 e. The lowest BCUT2D eigenvalue weighted by molar-refractivity contribution is 0.417. The van der Waals surface area contributed by atoms with E-state index in [-0.39, 0.29) is 0 Å². The molecule has 126 valence electrons. The van der Waals surface area contributed by atoms with Gasteiger partial charge >= 0.3 is 0 Å². The van der Waals surface area contributed by atoms with Crippen LogP contribution in [0.25, 0.3) is 0 Å². The van der Waals surface area contributed by atoms with E-state index in [2.05, 4.69) is 26.6 Å². The predicted octanol–water partition coefficient (Wildman–Crippen LogP) is 4.33. The Morgan fingerprint density at radius 3 is 2.80 bits per heavy atom. The van der Waals surface area contributed by atoms with Crippen LogP contribution in [0.2, 0.25) is 0 Å². The number of para-hydroxylation sites is 2. The summed E-state index contributed by atoms with van der Waals surface area (Å²) in [7, 11) is 1.62. The number of hydrogen-bond donors (Lipinski definition) is 1. The Morgan fingerprint density at radius 2 is 2.04 bits per heavy atom. The topological polar surface area (TPSA) is 83.7 Å². The molecule has 0 aliphatic carbocycles. The second-order valence-electron chi connectivity index (χ2n) is 5.13. The van der Waals surface area contributed by atoms with Crippen LogP contribution < -0.4 is 10.1 Å². The summed E-state index contributed by atoms with van der Waals surface area (Å²) in [6.07, 6.45) is 0. The maximum absolute atomic E-state index is 9.36. The first-order valence-corrected chi connectivity index (χ1v) is 9.03. The molecule has 0 saturated heterocycles. The van der Waals surface area contributed by atoms with Gasteiger partial charge in [-0.3, -0.25) is 4.98 Å². The lowest BCUT2D eigenvalue weighted by Crippen LogP contribution is -1.93. The molecule has 0 aliphatic heterocycles. The molecular formula is C17H15N5OS2. The zero-order valence-corrected chi connectivity index (χ0v) is 15.5. The van der Waals surface area contributed by atoms with Gasteiger partial charge in [-0.05, 0) is 32.0 Å². The summed E-state index contributed by atoms with van der Waals surface area (Å²) < 4.78 is 6.07. The second kappa shape index (κ2) is 7.51. The zero-order valence-electron chi connectivity index (χ0n) is 13.9. The van der Waals surface area contributed by atoms with Gasteiger partial charge in [0.05, 0.1) is 24.1 Å². The van der Waals surface area contributed by atoms with E-state index < -0.39 is 0 Å². The summed E-state index contributed by atoms with van der Waals surface area (Å²) in [5, 5.41) is 21.6. The third-order valence-corrected chi connectivity index (χ3v) is 5.29. The first-order valence-electron chi connectivity index (χ1n) is 7.40. The monoisotopic (exact) mass is 369 g/mol. The van der Waals surface area contributed by atoms with Crippen LogP contribution in [0.4, 0.5) is 10.8 Å². The van der Waals surface area contributed by atoms with E-state index in [1.165, 1.54) is 23.1 Å². The third-order valence-electron chi connectivity index (χ3n) is 3.36. The van der Waals surface area contributed by atoms with Gasteiger partial charge in [0.15, 0.2) is 4.34 Å². The summed E-state index contributed by atoms with van der Waals surface area (Å²) in [4.78, 5) is 5.17. The number of nitriles is 1. The first-order chi connectivity index (χ1) is 12.1. The Hall–Kier alpha value is -2.63. The average Bonchev–Trinajstić information content (AvgIpc) is 3.02. The molecule has 1 aromatic carbocycles. The Kier molecular flexibility index (Phi) is 5.16. The van der Waals surface area contributed by atoms with Crippen LogP contribution in [-0.4, -0.2) is 22.3 Å². The molecule has 3 aromatic rings. The number of pyridine rings is 1. The lowest BCUT2D eigenvalue weighted by atomic mass is 10.2. The molecule has 8 heteroatoms. The fourth-order valence-corrected chi connectivity index (χ4v) is 4.23. The van der Waals surface area contributed by atoms with Gasteiger partial charge < -0.3 is 10.1 Å². The fraction of sp³-hybridized carbons (Fsp3) is 0.176. The molecule has 2 aromatic heterocycles. The molecule has 0 atom stereocenters. The van der Waals surface area contributed by atoms with Crippen molar-refractivity contribution in [3.05, 3.63) is 47.3 Å². The number of aryl methyl sites for hydroxylation is 2. The van der Waals surface area contributed by atoms with Gasteiger partial charge in [0.1, 0.15) is 11.8 Å². The Balaban J connectivity index is 1.82. The van der Waals surface area contributed by atoms with Crippen molar-refractivity contribution in [1.82, 2.24) is 15.2 Å². The average molecular weight is 369 g/mol. The smallest absolute Gasteiger partial charge is 0.211 e. The highest BCUT2D eigenvalue weighted by Crippen LogP contribution is 2.36. The van der Waals surface area contributed by atoms with E-state index in [1.807, 2.05) is 44.2 Å². The molecule has 0 radical (unpaired) electrons. The fourth-order valence-electron chi connectivity index (χ4n) is 2.27. The van der Waals surface area contributed by atoms with Gasteiger partial charge in [-0.1, -0.05) is 35.2 Å². The van der Waals surface area contributed by atoms with Gasteiger partial charge in [0, 0.05) is 10.6 Å². The van der Waals surface area contributed by atoms with E-state index in [4.69, 9.17) is 4.74 Å². The van der Waals surface area contributed by atoms with Gasteiger partial charge in [-0.25, -0.2) is 0 Å². The molecule has 1 N–H and O–H groups in total. The number of ether oxygens (including phenoxy) is 1. The quantitative estimate of drug-likeness (QED) is 0.717. The van der Waals surface area contributed by atoms with Gasteiger partial charge in [-0.15, -0.1) is 10.2 Å². The summed E-state index contributed by atoms with van der Waals surface area (Å²) in [6, 6.07) is 11.7. The minimum absolute atomic E-state index is 0.574. The van der Waals surface area contributed by atoms with Crippen LogP contribution in [-0.2, 0) is 0 Å². The summed E-state index contributed by atoms with van der Waals surface area (Å²) in [6.45, 7) is 3.75. The number of rotatable bonds is 5. The van der Waals surface area contributed by atoms with Crippen LogP contribution in [0.5, 0.6) is 5.75 Å². The number of nitrogens with zero attached hydrogens (tertiary/aromatic N) is 4. The maximum atomic E-state index is 9.36. The van der Waals surface area contributed by atoms with E-state index in [0.29, 0.717) is 10.7 Å². The van der Waals surface area contributed by atoms with Crippen molar-refractivity contribution in [2.45, 2.75) is 23.1 Å². The second-order valence-corrected chi connectivity index (χ2v) is 7.40. The molecule has 6 nitrogen and oxygen atoms in total. The molecular weight excluding hydrogens is 354 g/mol. The van der Waals surface area contributed by atoms with Crippen molar-refractivity contribution in [3.63, 3.8) is 0 Å². The number of anilines is 2. The minimum Gasteiger partial charge on any atom is -0.495 e. The van der Waals surface area contributed by atoms with Crippen molar-refractivity contribution < 1.29 is 4.74 Å². The molecule has 0 saturated carbocycles. The van der Waals surface area contributed by atoms with E-state index in [1.54, 1.807) is 7.11 Å². The number of benzene rings is 1. The first kappa shape index (κ1) is 17.2. The molecule has 0 fully saturated rings. The Morgan fingerprint density at radius 1 is 1.24 bits per heavy atom. The van der Waals surface area contributed by atoms with Crippen LogP contribution in [0, 0.1) is 25.2 Å². The third kappa shape index (κ3) is 3.90. The number of hydrogen-bond acceptors (Lipinski definition) is 8. The molecule has 0 unspecified atom stereocenters.